The van der Waals surface area contributed by atoms with Crippen LogP contribution in [0, 0.1) is 21.7 Å². The number of nitro groups is 1. The van der Waals surface area contributed by atoms with E-state index in [1.807, 2.05) is 0 Å². The van der Waals surface area contributed by atoms with Gasteiger partial charge in [-0.1, -0.05) is 0 Å². The van der Waals surface area contributed by atoms with Crippen molar-refractivity contribution in [1.29, 1.82) is 0 Å². The molecule has 8 heteroatoms. The van der Waals surface area contributed by atoms with Crippen molar-refractivity contribution in [2.24, 2.45) is 0 Å². The Bertz CT molecular complexity index is 793. The van der Waals surface area contributed by atoms with Gasteiger partial charge in [-0.15, -0.1) is 0 Å². The molecule has 2 aromatic rings. The molecule has 0 saturated heterocycles. The second-order valence-corrected chi connectivity index (χ2v) is 5.12. The van der Waals surface area contributed by atoms with Crippen LogP contribution in [0.1, 0.15) is 11.1 Å². The molecule has 1 aliphatic heterocycles. The summed E-state index contributed by atoms with van der Waals surface area (Å²) in [6.07, 6.45) is 0. The molecule has 0 fully saturated rings. The van der Waals surface area contributed by atoms with E-state index in [0.29, 0.717) is 16.8 Å². The van der Waals surface area contributed by atoms with E-state index in [4.69, 9.17) is 0 Å². The highest BCUT2D eigenvalue weighted by molar-refractivity contribution is 5.89. The summed E-state index contributed by atoms with van der Waals surface area (Å²) < 4.78 is 26.9. The Labute approximate surface area is 129 Å². The summed E-state index contributed by atoms with van der Waals surface area (Å²) in [5.41, 5.74) is 1.02. The summed E-state index contributed by atoms with van der Waals surface area (Å²) in [5.74, 6) is -1.36. The maximum Gasteiger partial charge on any atom is 0.322 e. The number of rotatable bonds is 2. The molecule has 0 radical (unpaired) electrons. The molecule has 2 amide bonds. The summed E-state index contributed by atoms with van der Waals surface area (Å²) >= 11 is 0. The van der Waals surface area contributed by atoms with Crippen LogP contribution in [0.5, 0.6) is 0 Å². The number of non-ortho nitro benzene ring substituents is 1. The number of amides is 2. The molecule has 1 aliphatic rings. The SMILES string of the molecule is O=C(Nc1ccc([N+](=O)[O-])cc1)N1Cc2cc(F)cc(F)c2C1. The maximum absolute atomic E-state index is 13.7. The van der Waals surface area contributed by atoms with Gasteiger partial charge >= 0.3 is 6.03 Å². The molecule has 0 spiro atoms. The number of fused-ring (bicyclic) bond motifs is 1. The van der Waals surface area contributed by atoms with Gasteiger partial charge in [0.15, 0.2) is 0 Å². The minimum atomic E-state index is -0.682. The van der Waals surface area contributed by atoms with Crippen molar-refractivity contribution in [1.82, 2.24) is 4.90 Å². The number of hydrogen-bond acceptors (Lipinski definition) is 3. The summed E-state index contributed by atoms with van der Waals surface area (Å²) in [6, 6.07) is 6.84. The average Bonchev–Trinajstić information content (AvgIpc) is 2.92. The van der Waals surface area contributed by atoms with Crippen molar-refractivity contribution in [3.63, 3.8) is 0 Å². The third-order valence-electron chi connectivity index (χ3n) is 3.58. The molecule has 0 aromatic heterocycles. The minimum absolute atomic E-state index is 0.0419. The molecule has 118 valence electrons. The van der Waals surface area contributed by atoms with Crippen LogP contribution in [0.15, 0.2) is 36.4 Å². The number of nitrogens with zero attached hydrogens (tertiary/aromatic N) is 2. The third-order valence-corrected chi connectivity index (χ3v) is 3.58. The quantitative estimate of drug-likeness (QED) is 0.680. The van der Waals surface area contributed by atoms with Gasteiger partial charge in [0.2, 0.25) is 0 Å². The molecule has 1 N–H and O–H groups in total. The zero-order valence-corrected chi connectivity index (χ0v) is 11.8. The van der Waals surface area contributed by atoms with Crippen LogP contribution in [0.3, 0.4) is 0 Å². The number of hydrogen-bond donors (Lipinski definition) is 1. The van der Waals surface area contributed by atoms with Gasteiger partial charge in [0.05, 0.1) is 11.5 Å². The first-order valence-electron chi connectivity index (χ1n) is 6.71. The molecule has 6 nitrogen and oxygen atoms in total. The molecule has 0 bridgehead atoms. The van der Waals surface area contributed by atoms with Gasteiger partial charge in [-0.3, -0.25) is 10.1 Å². The number of anilines is 1. The average molecular weight is 319 g/mol. The topological polar surface area (TPSA) is 75.5 Å². The Kier molecular flexibility index (Phi) is 3.65. The Morgan fingerprint density at radius 1 is 1.17 bits per heavy atom. The zero-order chi connectivity index (χ0) is 16.6. The van der Waals surface area contributed by atoms with Crippen molar-refractivity contribution in [3.05, 3.63) is 69.3 Å². The van der Waals surface area contributed by atoms with Gasteiger partial charge < -0.3 is 10.2 Å². The van der Waals surface area contributed by atoms with Crippen LogP contribution in [-0.2, 0) is 13.1 Å². The molecule has 0 atom stereocenters. The van der Waals surface area contributed by atoms with Crippen LogP contribution in [0.2, 0.25) is 0 Å². The molecule has 0 unspecified atom stereocenters. The molecular formula is C15H11F2N3O3. The number of nitrogens with one attached hydrogen (secondary N) is 1. The van der Waals surface area contributed by atoms with E-state index < -0.39 is 22.6 Å². The van der Waals surface area contributed by atoms with E-state index in [0.717, 1.165) is 6.07 Å². The second kappa shape index (κ2) is 5.64. The molecule has 0 saturated carbocycles. The summed E-state index contributed by atoms with van der Waals surface area (Å²) in [6.45, 7) is 0.142. The predicted octanol–water partition coefficient (Wildman–Crippen LogP) is 3.42. The molecule has 0 aliphatic carbocycles. The number of carbonyl (C=O) groups is 1. The van der Waals surface area contributed by atoms with Crippen molar-refractivity contribution in [3.8, 4) is 0 Å². The monoisotopic (exact) mass is 319 g/mol. The van der Waals surface area contributed by atoms with E-state index in [1.165, 1.54) is 35.2 Å². The lowest BCUT2D eigenvalue weighted by atomic mass is 10.1. The normalized spacial score (nSPS) is 12.9. The zero-order valence-electron chi connectivity index (χ0n) is 11.8. The van der Waals surface area contributed by atoms with Gasteiger partial charge in [0.1, 0.15) is 11.6 Å². The van der Waals surface area contributed by atoms with Crippen molar-refractivity contribution < 1.29 is 18.5 Å². The smallest absolute Gasteiger partial charge is 0.316 e. The third kappa shape index (κ3) is 2.96. The number of urea groups is 1. The van der Waals surface area contributed by atoms with Crippen molar-refractivity contribution >= 4 is 17.4 Å². The van der Waals surface area contributed by atoms with E-state index in [-0.39, 0.29) is 18.8 Å². The Morgan fingerprint density at radius 2 is 1.87 bits per heavy atom. The van der Waals surface area contributed by atoms with E-state index in [1.54, 1.807) is 0 Å². The van der Waals surface area contributed by atoms with Crippen LogP contribution in [-0.4, -0.2) is 15.9 Å². The van der Waals surface area contributed by atoms with Crippen LogP contribution < -0.4 is 5.32 Å². The minimum Gasteiger partial charge on any atom is -0.316 e. The Morgan fingerprint density at radius 3 is 2.52 bits per heavy atom. The van der Waals surface area contributed by atoms with Crippen LogP contribution in [0.4, 0.5) is 25.0 Å². The standard InChI is InChI=1S/C15H11F2N3O3/c16-10-5-9-7-19(8-13(9)14(17)6-10)15(21)18-11-1-3-12(4-2-11)20(22)23/h1-6H,7-8H2,(H,18,21). The maximum atomic E-state index is 13.7. The predicted molar refractivity (Wildman–Crippen MR) is 77.7 cm³/mol. The lowest BCUT2D eigenvalue weighted by molar-refractivity contribution is -0.384. The largest absolute Gasteiger partial charge is 0.322 e. The highest BCUT2D eigenvalue weighted by atomic mass is 19.1. The number of nitro benzene ring substituents is 1. The fraction of sp³-hybridized carbons (Fsp3) is 0.133. The number of halogens is 2. The fourth-order valence-corrected chi connectivity index (χ4v) is 2.44. The molecular weight excluding hydrogens is 308 g/mol. The summed E-state index contributed by atoms with van der Waals surface area (Å²) in [4.78, 5) is 23.5. The van der Waals surface area contributed by atoms with Crippen molar-refractivity contribution in [2.75, 3.05) is 5.32 Å². The highest BCUT2D eigenvalue weighted by Crippen LogP contribution is 2.27. The van der Waals surface area contributed by atoms with Gasteiger partial charge in [0, 0.05) is 36.0 Å². The summed E-state index contributed by atoms with van der Waals surface area (Å²) in [5, 5.41) is 13.1. The Balaban J connectivity index is 1.70. The van der Waals surface area contributed by atoms with Crippen LogP contribution in [0.25, 0.3) is 0 Å². The van der Waals surface area contributed by atoms with Gasteiger partial charge in [-0.2, -0.15) is 0 Å². The Hall–Kier alpha value is -3.03. The number of benzene rings is 2. The lowest BCUT2D eigenvalue weighted by Gasteiger charge is -2.16. The van der Waals surface area contributed by atoms with E-state index in [2.05, 4.69) is 5.32 Å². The van der Waals surface area contributed by atoms with Gasteiger partial charge in [0.25, 0.3) is 5.69 Å². The van der Waals surface area contributed by atoms with E-state index in [9.17, 15) is 23.7 Å². The first-order valence-corrected chi connectivity index (χ1v) is 6.71. The van der Waals surface area contributed by atoms with Crippen LogP contribution >= 0.6 is 0 Å². The summed E-state index contributed by atoms with van der Waals surface area (Å²) in [7, 11) is 0. The fourth-order valence-electron chi connectivity index (χ4n) is 2.44. The van der Waals surface area contributed by atoms with E-state index >= 15 is 0 Å². The number of carbonyl (C=O) groups excluding carboxylic acids is 1. The second-order valence-electron chi connectivity index (χ2n) is 5.12. The first kappa shape index (κ1) is 14.9. The highest BCUT2D eigenvalue weighted by Gasteiger charge is 2.26. The van der Waals surface area contributed by atoms with Gasteiger partial charge in [-0.25, -0.2) is 13.6 Å². The first-order chi connectivity index (χ1) is 10.9. The molecule has 2 aromatic carbocycles. The lowest BCUT2D eigenvalue weighted by Crippen LogP contribution is -2.30. The molecule has 23 heavy (non-hydrogen) atoms. The van der Waals surface area contributed by atoms with Gasteiger partial charge in [-0.05, 0) is 23.8 Å². The molecule has 1 heterocycles. The molecule has 3 rings (SSSR count). The van der Waals surface area contributed by atoms with Crippen molar-refractivity contribution in [2.45, 2.75) is 13.1 Å².